The van der Waals surface area contributed by atoms with Gasteiger partial charge in [-0.3, -0.25) is 9.59 Å². The Bertz CT molecular complexity index is 581. The van der Waals surface area contributed by atoms with E-state index in [1.165, 1.54) is 0 Å². The summed E-state index contributed by atoms with van der Waals surface area (Å²) in [6, 6.07) is 17.1. The minimum Gasteiger partial charge on any atom is -0.480 e. The van der Waals surface area contributed by atoms with Crippen LogP contribution in [0.15, 0.2) is 60.7 Å². The Morgan fingerprint density at radius 2 is 1.00 bits per heavy atom. The first-order chi connectivity index (χ1) is 11.4. The first kappa shape index (κ1) is 22.6. The second-order valence-corrected chi connectivity index (χ2v) is 5.27. The molecule has 0 amide bonds. The minimum atomic E-state index is -0.959. The van der Waals surface area contributed by atoms with Crippen LogP contribution in [0.25, 0.3) is 0 Å². The molecule has 0 aliphatic carbocycles. The van der Waals surface area contributed by atoms with Gasteiger partial charge in [0.05, 0.1) is 0 Å². The summed E-state index contributed by atoms with van der Waals surface area (Å²) in [7, 11) is 0. The van der Waals surface area contributed by atoms with E-state index >= 15 is 0 Å². The van der Waals surface area contributed by atoms with Crippen LogP contribution in [0, 0.1) is 0 Å². The van der Waals surface area contributed by atoms with Crippen LogP contribution in [0.1, 0.15) is 11.1 Å². The van der Waals surface area contributed by atoms with Crippen LogP contribution >= 0.6 is 12.4 Å². The van der Waals surface area contributed by atoms with Gasteiger partial charge >= 0.3 is 11.9 Å². The summed E-state index contributed by atoms with van der Waals surface area (Å²) >= 11 is 0. The molecular formula is C18H23ClN2O4. The molecule has 6 N–H and O–H groups in total. The fourth-order valence-corrected chi connectivity index (χ4v) is 1.91. The lowest BCUT2D eigenvalue weighted by Crippen LogP contribution is -2.32. The topological polar surface area (TPSA) is 127 Å². The Balaban J connectivity index is 0.000000443. The smallest absolute Gasteiger partial charge is 0.320 e. The first-order valence-electron chi connectivity index (χ1n) is 7.44. The van der Waals surface area contributed by atoms with E-state index < -0.39 is 24.0 Å². The Labute approximate surface area is 152 Å². The number of nitrogens with two attached hydrogens (primary N) is 2. The summed E-state index contributed by atoms with van der Waals surface area (Å²) in [5.74, 6) is -1.92. The third-order valence-corrected chi connectivity index (χ3v) is 3.23. The number of carboxylic acid groups (broad SMARTS) is 2. The van der Waals surface area contributed by atoms with Crippen LogP contribution in [0.4, 0.5) is 0 Å². The zero-order valence-electron chi connectivity index (χ0n) is 13.6. The van der Waals surface area contributed by atoms with Crippen molar-refractivity contribution in [1.82, 2.24) is 0 Å². The van der Waals surface area contributed by atoms with E-state index in [-0.39, 0.29) is 12.4 Å². The average Bonchev–Trinajstić information content (AvgIpc) is 2.57. The van der Waals surface area contributed by atoms with Gasteiger partial charge in [0.2, 0.25) is 0 Å². The molecule has 2 unspecified atom stereocenters. The number of halogens is 1. The lowest BCUT2D eigenvalue weighted by Gasteiger charge is -2.04. The molecule has 2 aromatic rings. The zero-order valence-corrected chi connectivity index (χ0v) is 14.4. The fraction of sp³-hybridized carbons (Fsp3) is 0.222. The van der Waals surface area contributed by atoms with E-state index in [2.05, 4.69) is 0 Å². The second kappa shape index (κ2) is 12.0. The van der Waals surface area contributed by atoms with Gasteiger partial charge in [-0.1, -0.05) is 60.7 Å². The highest BCUT2D eigenvalue weighted by atomic mass is 35.5. The van der Waals surface area contributed by atoms with E-state index in [9.17, 15) is 9.59 Å². The molecule has 0 aliphatic heterocycles. The lowest BCUT2D eigenvalue weighted by atomic mass is 10.1. The van der Waals surface area contributed by atoms with Crippen molar-refractivity contribution in [2.75, 3.05) is 0 Å². The fourth-order valence-electron chi connectivity index (χ4n) is 1.91. The van der Waals surface area contributed by atoms with E-state index in [0.29, 0.717) is 12.8 Å². The minimum absolute atomic E-state index is 0. The molecule has 136 valence electrons. The largest absolute Gasteiger partial charge is 0.480 e. The molecule has 0 saturated heterocycles. The Kier molecular flexibility index (Phi) is 10.9. The van der Waals surface area contributed by atoms with Crippen molar-refractivity contribution in [1.29, 1.82) is 0 Å². The van der Waals surface area contributed by atoms with Gasteiger partial charge in [-0.15, -0.1) is 12.4 Å². The Morgan fingerprint density at radius 1 is 0.720 bits per heavy atom. The van der Waals surface area contributed by atoms with Gasteiger partial charge in [0.1, 0.15) is 12.1 Å². The number of hydrogen-bond donors (Lipinski definition) is 4. The number of rotatable bonds is 6. The van der Waals surface area contributed by atoms with Gasteiger partial charge in [0.25, 0.3) is 0 Å². The number of hydrogen-bond acceptors (Lipinski definition) is 4. The molecule has 0 spiro atoms. The molecule has 0 radical (unpaired) electrons. The van der Waals surface area contributed by atoms with Gasteiger partial charge in [0.15, 0.2) is 0 Å². The molecule has 7 heteroatoms. The molecule has 2 aromatic carbocycles. The molecule has 2 rings (SSSR count). The Morgan fingerprint density at radius 3 is 1.24 bits per heavy atom. The number of carboxylic acids is 2. The van der Waals surface area contributed by atoms with E-state index in [4.69, 9.17) is 21.7 Å². The van der Waals surface area contributed by atoms with Crippen molar-refractivity contribution in [3.8, 4) is 0 Å². The van der Waals surface area contributed by atoms with Crippen molar-refractivity contribution in [3.63, 3.8) is 0 Å². The van der Waals surface area contributed by atoms with E-state index in [1.807, 2.05) is 60.7 Å². The summed E-state index contributed by atoms with van der Waals surface area (Å²) < 4.78 is 0. The number of benzene rings is 2. The molecule has 0 aliphatic rings. The number of aliphatic carboxylic acids is 2. The molecule has 0 saturated carbocycles. The van der Waals surface area contributed by atoms with Crippen LogP contribution in [0.5, 0.6) is 0 Å². The molecule has 0 heterocycles. The van der Waals surface area contributed by atoms with Crippen LogP contribution in [0.3, 0.4) is 0 Å². The van der Waals surface area contributed by atoms with Gasteiger partial charge in [-0.25, -0.2) is 0 Å². The SMILES string of the molecule is Cl.NC(Cc1ccccc1)C(=O)O.NC(Cc1ccccc1)C(=O)O. The highest BCUT2D eigenvalue weighted by molar-refractivity contribution is 5.85. The monoisotopic (exact) mass is 366 g/mol. The van der Waals surface area contributed by atoms with E-state index in [0.717, 1.165) is 11.1 Å². The van der Waals surface area contributed by atoms with Crippen molar-refractivity contribution >= 4 is 24.3 Å². The number of carbonyl (C=O) groups is 2. The maximum Gasteiger partial charge on any atom is 0.320 e. The zero-order chi connectivity index (χ0) is 17.9. The standard InChI is InChI=1S/2C9H11NO2.ClH/c2*10-8(9(11)12)6-7-4-2-1-3-5-7;/h2*1-5,8H,6,10H2,(H,11,12);1H. The normalized spacial score (nSPS) is 11.9. The predicted molar refractivity (Wildman–Crippen MR) is 98.8 cm³/mol. The summed E-state index contributed by atoms with van der Waals surface area (Å²) in [6.45, 7) is 0. The lowest BCUT2D eigenvalue weighted by molar-refractivity contribution is -0.139. The van der Waals surface area contributed by atoms with Crippen LogP contribution < -0.4 is 11.5 Å². The van der Waals surface area contributed by atoms with Gasteiger partial charge in [0, 0.05) is 0 Å². The predicted octanol–water partition coefficient (Wildman–Crippen LogP) is 1.70. The molecule has 0 fully saturated rings. The van der Waals surface area contributed by atoms with E-state index in [1.54, 1.807) is 0 Å². The molecule has 0 bridgehead atoms. The van der Waals surface area contributed by atoms with Crippen molar-refractivity contribution in [2.45, 2.75) is 24.9 Å². The van der Waals surface area contributed by atoms with Crippen molar-refractivity contribution in [3.05, 3.63) is 71.8 Å². The quantitative estimate of drug-likeness (QED) is 0.616. The third kappa shape index (κ3) is 9.46. The molecule has 2 atom stereocenters. The Hall–Kier alpha value is -2.41. The van der Waals surface area contributed by atoms with Gasteiger partial charge in [-0.2, -0.15) is 0 Å². The van der Waals surface area contributed by atoms with Crippen LogP contribution in [0.2, 0.25) is 0 Å². The highest BCUT2D eigenvalue weighted by Crippen LogP contribution is 2.02. The van der Waals surface area contributed by atoms with Crippen molar-refractivity contribution in [2.24, 2.45) is 11.5 Å². The van der Waals surface area contributed by atoms with Crippen LogP contribution in [-0.2, 0) is 22.4 Å². The highest BCUT2D eigenvalue weighted by Gasteiger charge is 2.11. The van der Waals surface area contributed by atoms with Gasteiger partial charge in [-0.05, 0) is 24.0 Å². The molecule has 6 nitrogen and oxygen atoms in total. The summed E-state index contributed by atoms with van der Waals surface area (Å²) in [6.07, 6.45) is 0.770. The van der Waals surface area contributed by atoms with Crippen molar-refractivity contribution < 1.29 is 19.8 Å². The first-order valence-corrected chi connectivity index (χ1v) is 7.44. The van der Waals surface area contributed by atoms with Crippen LogP contribution in [-0.4, -0.2) is 34.2 Å². The maximum absolute atomic E-state index is 10.4. The third-order valence-electron chi connectivity index (χ3n) is 3.23. The summed E-state index contributed by atoms with van der Waals surface area (Å²) in [4.78, 5) is 20.8. The summed E-state index contributed by atoms with van der Waals surface area (Å²) in [5.41, 5.74) is 12.6. The molecular weight excluding hydrogens is 344 g/mol. The molecule has 0 aromatic heterocycles. The maximum atomic E-state index is 10.4. The second-order valence-electron chi connectivity index (χ2n) is 5.27. The van der Waals surface area contributed by atoms with Gasteiger partial charge < -0.3 is 21.7 Å². The summed E-state index contributed by atoms with van der Waals surface area (Å²) in [5, 5.41) is 17.0. The molecule has 25 heavy (non-hydrogen) atoms. The average molecular weight is 367 g/mol.